The fraction of sp³-hybridized carbons (Fsp3) is 0.217. The first-order valence-electron chi connectivity index (χ1n) is 9.50. The van der Waals surface area contributed by atoms with Crippen LogP contribution in [0.5, 0.6) is 11.5 Å². The lowest BCUT2D eigenvalue weighted by molar-refractivity contribution is 0.0827. The average molecular weight is 389 g/mol. The van der Waals surface area contributed by atoms with Gasteiger partial charge in [0, 0.05) is 30.9 Å². The van der Waals surface area contributed by atoms with E-state index >= 15 is 0 Å². The van der Waals surface area contributed by atoms with Crippen LogP contribution in [-0.4, -0.2) is 48.4 Å². The smallest absolute Gasteiger partial charge is 0.253 e. The maximum atomic E-state index is 12.6. The summed E-state index contributed by atoms with van der Waals surface area (Å²) in [6, 6.07) is 18.9. The lowest BCUT2D eigenvalue weighted by atomic mass is 10.1. The van der Waals surface area contributed by atoms with Gasteiger partial charge in [0.2, 0.25) is 5.90 Å². The molecule has 0 aliphatic carbocycles. The molecule has 1 amide bonds. The minimum atomic E-state index is -0.0890. The fourth-order valence-electron chi connectivity index (χ4n) is 3.13. The summed E-state index contributed by atoms with van der Waals surface area (Å²) in [4.78, 5) is 21.9. The summed E-state index contributed by atoms with van der Waals surface area (Å²) in [5, 5.41) is 0. The molecular weight excluding hydrogens is 366 g/mol. The van der Waals surface area contributed by atoms with Crippen molar-refractivity contribution in [2.24, 2.45) is 4.99 Å². The maximum Gasteiger partial charge on any atom is 0.253 e. The molecule has 1 N–H and O–H groups in total. The maximum absolute atomic E-state index is 12.6. The number of amides is 1. The van der Waals surface area contributed by atoms with E-state index in [9.17, 15) is 4.79 Å². The number of nitrogens with one attached hydrogen (secondary N) is 1. The molecule has 2 heterocycles. The van der Waals surface area contributed by atoms with E-state index in [2.05, 4.69) is 9.98 Å². The monoisotopic (exact) mass is 389 g/mol. The van der Waals surface area contributed by atoms with E-state index in [1.165, 1.54) is 0 Å². The highest BCUT2D eigenvalue weighted by Crippen LogP contribution is 2.30. The Morgan fingerprint density at radius 1 is 1.07 bits per heavy atom. The lowest BCUT2D eigenvalue weighted by Gasteiger charge is -2.14. The van der Waals surface area contributed by atoms with E-state index in [0.29, 0.717) is 29.5 Å². The third kappa shape index (κ3) is 4.16. The Balaban J connectivity index is 1.70. The molecule has 0 radical (unpaired) electrons. The van der Waals surface area contributed by atoms with Crippen LogP contribution in [0.25, 0.3) is 11.3 Å². The zero-order chi connectivity index (χ0) is 20.4. The van der Waals surface area contributed by atoms with Crippen molar-refractivity contribution < 1.29 is 14.3 Å². The topological polar surface area (TPSA) is 66.9 Å². The Morgan fingerprint density at radius 2 is 1.83 bits per heavy atom. The van der Waals surface area contributed by atoms with Gasteiger partial charge in [0.05, 0.1) is 6.54 Å². The molecule has 6 nitrogen and oxygen atoms in total. The number of aromatic amines is 1. The Kier molecular flexibility index (Phi) is 5.08. The van der Waals surface area contributed by atoms with Crippen LogP contribution in [0.3, 0.4) is 0 Å². The van der Waals surface area contributed by atoms with Crippen molar-refractivity contribution in [3.63, 3.8) is 0 Å². The molecule has 6 heteroatoms. The molecule has 2 aromatic carbocycles. The number of H-pyrrole nitrogens is 1. The van der Waals surface area contributed by atoms with Crippen molar-refractivity contribution in [1.82, 2.24) is 9.88 Å². The molecule has 1 aliphatic rings. The summed E-state index contributed by atoms with van der Waals surface area (Å²) >= 11 is 0. The number of hydrogen-bond donors (Lipinski definition) is 1. The molecule has 1 aliphatic heterocycles. The zero-order valence-electron chi connectivity index (χ0n) is 16.7. The molecule has 3 aromatic rings. The number of ether oxygens (including phenoxy) is 2. The van der Waals surface area contributed by atoms with E-state index in [1.807, 2.05) is 61.5 Å². The van der Waals surface area contributed by atoms with Crippen molar-refractivity contribution in [2.75, 3.05) is 20.6 Å². The van der Waals surface area contributed by atoms with Crippen molar-refractivity contribution >= 4 is 11.8 Å². The predicted molar refractivity (Wildman–Crippen MR) is 113 cm³/mol. The SMILES string of the molecule is C[C@H]1CN=C(c2ccc(-c3cc(Oc4ccccc4)cc(C(=O)N(C)C)c3)[nH]2)O1. The van der Waals surface area contributed by atoms with Crippen LogP contribution in [0.1, 0.15) is 23.0 Å². The fourth-order valence-corrected chi connectivity index (χ4v) is 3.13. The van der Waals surface area contributed by atoms with Gasteiger partial charge in [-0.25, -0.2) is 4.99 Å². The first-order valence-corrected chi connectivity index (χ1v) is 9.50. The molecule has 148 valence electrons. The van der Waals surface area contributed by atoms with Gasteiger partial charge in [0.1, 0.15) is 23.3 Å². The van der Waals surface area contributed by atoms with Crippen molar-refractivity contribution in [1.29, 1.82) is 0 Å². The van der Waals surface area contributed by atoms with Gasteiger partial charge in [-0.2, -0.15) is 0 Å². The van der Waals surface area contributed by atoms with Crippen LogP contribution < -0.4 is 4.74 Å². The number of aromatic nitrogens is 1. The van der Waals surface area contributed by atoms with Crippen LogP contribution >= 0.6 is 0 Å². The Hall–Kier alpha value is -3.54. The number of hydrogen-bond acceptors (Lipinski definition) is 4. The van der Waals surface area contributed by atoms with Crippen molar-refractivity contribution in [2.45, 2.75) is 13.0 Å². The summed E-state index contributed by atoms with van der Waals surface area (Å²) < 4.78 is 11.7. The summed E-state index contributed by atoms with van der Waals surface area (Å²) in [6.07, 6.45) is 0.0867. The highest BCUT2D eigenvalue weighted by molar-refractivity contribution is 5.96. The average Bonchev–Trinajstić information content (AvgIpc) is 3.37. The largest absolute Gasteiger partial charge is 0.471 e. The van der Waals surface area contributed by atoms with Crippen LogP contribution in [0.2, 0.25) is 0 Å². The standard InChI is InChI=1S/C23H23N3O3/c1-15-14-24-22(28-15)21-10-9-20(25-21)16-11-17(23(27)26(2)3)13-19(12-16)29-18-7-5-4-6-8-18/h4-13,15,25H,14H2,1-3H3/t15-/m0/s1. The van der Waals surface area contributed by atoms with Gasteiger partial charge in [-0.3, -0.25) is 4.79 Å². The third-order valence-corrected chi connectivity index (χ3v) is 4.57. The quantitative estimate of drug-likeness (QED) is 0.706. The van der Waals surface area contributed by atoms with Crippen molar-refractivity contribution in [3.8, 4) is 22.8 Å². The summed E-state index contributed by atoms with van der Waals surface area (Å²) in [6.45, 7) is 2.65. The van der Waals surface area contributed by atoms with E-state index in [1.54, 1.807) is 25.1 Å². The molecule has 1 aromatic heterocycles. The summed E-state index contributed by atoms with van der Waals surface area (Å²) in [5.41, 5.74) is 3.08. The minimum absolute atomic E-state index is 0.0867. The molecule has 0 spiro atoms. The molecule has 4 rings (SSSR count). The predicted octanol–water partition coefficient (Wildman–Crippen LogP) is 4.34. The lowest BCUT2D eigenvalue weighted by Crippen LogP contribution is -2.21. The van der Waals surface area contributed by atoms with Gasteiger partial charge in [-0.1, -0.05) is 18.2 Å². The van der Waals surface area contributed by atoms with Crippen molar-refractivity contribution in [3.05, 3.63) is 71.9 Å². The second-order valence-electron chi connectivity index (χ2n) is 7.22. The molecule has 0 unspecified atom stereocenters. The number of carbonyl (C=O) groups is 1. The molecular formula is C23H23N3O3. The van der Waals surface area contributed by atoms with E-state index in [-0.39, 0.29) is 12.0 Å². The zero-order valence-corrected chi connectivity index (χ0v) is 16.7. The minimum Gasteiger partial charge on any atom is -0.471 e. The van der Waals surface area contributed by atoms with Crippen LogP contribution in [0.4, 0.5) is 0 Å². The number of rotatable bonds is 5. The number of para-hydroxylation sites is 1. The van der Waals surface area contributed by atoms with E-state index in [0.717, 1.165) is 17.0 Å². The van der Waals surface area contributed by atoms with Crippen LogP contribution in [0, 0.1) is 0 Å². The van der Waals surface area contributed by atoms with E-state index < -0.39 is 0 Å². The Morgan fingerprint density at radius 3 is 2.52 bits per heavy atom. The first kappa shape index (κ1) is 18.8. The number of carbonyl (C=O) groups excluding carboxylic acids is 1. The number of aliphatic imine (C=N–C) groups is 1. The van der Waals surface area contributed by atoms with Gasteiger partial charge >= 0.3 is 0 Å². The molecule has 0 fully saturated rings. The van der Waals surface area contributed by atoms with E-state index in [4.69, 9.17) is 9.47 Å². The van der Waals surface area contributed by atoms with Gasteiger partial charge < -0.3 is 19.4 Å². The van der Waals surface area contributed by atoms with Crippen LogP contribution in [-0.2, 0) is 4.74 Å². The highest BCUT2D eigenvalue weighted by atomic mass is 16.5. The van der Waals surface area contributed by atoms with Gasteiger partial charge in [-0.15, -0.1) is 0 Å². The Labute approximate surface area is 169 Å². The molecule has 0 saturated carbocycles. The normalized spacial score (nSPS) is 15.6. The summed E-state index contributed by atoms with van der Waals surface area (Å²) in [7, 11) is 3.46. The first-order chi connectivity index (χ1) is 14.0. The third-order valence-electron chi connectivity index (χ3n) is 4.57. The number of benzene rings is 2. The summed E-state index contributed by atoms with van der Waals surface area (Å²) in [5.74, 6) is 1.83. The van der Waals surface area contributed by atoms with Gasteiger partial charge in [0.25, 0.3) is 5.91 Å². The van der Waals surface area contributed by atoms with Gasteiger partial charge in [0.15, 0.2) is 0 Å². The van der Waals surface area contributed by atoms with Crippen LogP contribution in [0.15, 0.2) is 65.7 Å². The Bertz CT molecular complexity index is 1050. The molecule has 29 heavy (non-hydrogen) atoms. The molecule has 0 saturated heterocycles. The molecule has 0 bridgehead atoms. The second kappa shape index (κ2) is 7.83. The second-order valence-corrected chi connectivity index (χ2v) is 7.22. The molecule has 1 atom stereocenters. The number of nitrogens with zero attached hydrogens (tertiary/aromatic N) is 2. The van der Waals surface area contributed by atoms with Gasteiger partial charge in [-0.05, 0) is 49.4 Å². The highest BCUT2D eigenvalue weighted by Gasteiger charge is 2.19.